The molecule has 0 spiro atoms. The molecule has 0 aliphatic carbocycles. The lowest BCUT2D eigenvalue weighted by Gasteiger charge is -2.40. The van der Waals surface area contributed by atoms with Gasteiger partial charge in [0.25, 0.3) is 0 Å². The molecule has 1 saturated heterocycles. The van der Waals surface area contributed by atoms with Crippen LogP contribution in [0.1, 0.15) is 29.8 Å². The average Bonchev–Trinajstić information content (AvgIpc) is 2.64. The van der Waals surface area contributed by atoms with Gasteiger partial charge in [-0.2, -0.15) is 0 Å². The number of benzene rings is 2. The second kappa shape index (κ2) is 8.17. The summed E-state index contributed by atoms with van der Waals surface area (Å²) in [5.41, 5.74) is 1.83. The van der Waals surface area contributed by atoms with Crippen molar-refractivity contribution in [3.05, 3.63) is 65.7 Å². The first-order valence-corrected chi connectivity index (χ1v) is 9.55. The van der Waals surface area contributed by atoms with E-state index in [1.165, 1.54) is 4.90 Å². The molecule has 1 aliphatic rings. The van der Waals surface area contributed by atoms with Gasteiger partial charge in [0.15, 0.2) is 5.78 Å². The Morgan fingerprint density at radius 2 is 1.68 bits per heavy atom. The third-order valence-corrected chi connectivity index (χ3v) is 5.79. The van der Waals surface area contributed by atoms with Crippen LogP contribution in [0.2, 0.25) is 0 Å². The zero-order valence-corrected chi connectivity index (χ0v) is 15.7. The van der Waals surface area contributed by atoms with E-state index >= 15 is 0 Å². The molecule has 3 rings (SSSR count). The van der Waals surface area contributed by atoms with Gasteiger partial charge < -0.3 is 4.74 Å². The van der Waals surface area contributed by atoms with Crippen LogP contribution in [-0.4, -0.2) is 41.9 Å². The zero-order chi connectivity index (χ0) is 17.7. The third-order valence-electron chi connectivity index (χ3n) is 4.52. The van der Waals surface area contributed by atoms with Crippen molar-refractivity contribution in [2.24, 2.45) is 0 Å². The van der Waals surface area contributed by atoms with Crippen LogP contribution in [0, 0.1) is 0 Å². The third kappa shape index (κ3) is 4.94. The Hall–Kier alpha value is -1.62. The number of hydrogen-bond donors (Lipinski definition) is 0. The Kier molecular flexibility index (Phi) is 5.94. The minimum atomic E-state index is 0.0329. The van der Waals surface area contributed by atoms with Crippen molar-refractivity contribution >= 4 is 17.5 Å². The Bertz CT molecular complexity index is 692. The Balaban J connectivity index is 1.61. The topological polar surface area (TPSA) is 29.5 Å². The molecule has 0 saturated carbocycles. The zero-order valence-electron chi connectivity index (χ0n) is 14.9. The molecule has 0 atom stereocenters. The van der Waals surface area contributed by atoms with Gasteiger partial charge in [-0.15, -0.1) is 11.8 Å². The van der Waals surface area contributed by atoms with Crippen molar-refractivity contribution in [1.29, 1.82) is 0 Å². The van der Waals surface area contributed by atoms with Crippen LogP contribution in [0.15, 0.2) is 59.5 Å². The van der Waals surface area contributed by atoms with Gasteiger partial charge in [0.2, 0.25) is 0 Å². The number of morpholine rings is 1. The van der Waals surface area contributed by atoms with Crippen molar-refractivity contribution < 1.29 is 9.53 Å². The molecule has 2 aromatic rings. The number of Topliss-reactive ketones (excluding diaryl/α,β-unsaturated/α-hetero) is 1. The Labute approximate surface area is 154 Å². The quantitative estimate of drug-likeness (QED) is 0.572. The standard InChI is InChI=1S/C21H25NO2S/c1-21(2,22-12-14-24-15-13-22)25-19-10-8-17(9-11-19)16-20(23)18-6-4-3-5-7-18/h3-11H,12-16H2,1-2H3. The lowest BCUT2D eigenvalue weighted by Crippen LogP contribution is -2.47. The van der Waals surface area contributed by atoms with E-state index in [1.807, 2.05) is 42.1 Å². The van der Waals surface area contributed by atoms with Crippen molar-refractivity contribution in [2.75, 3.05) is 26.3 Å². The van der Waals surface area contributed by atoms with E-state index in [0.29, 0.717) is 6.42 Å². The molecule has 0 amide bonds. The minimum Gasteiger partial charge on any atom is -0.379 e. The van der Waals surface area contributed by atoms with Crippen molar-refractivity contribution in [1.82, 2.24) is 4.90 Å². The fourth-order valence-corrected chi connectivity index (χ4v) is 4.20. The predicted molar refractivity (Wildman–Crippen MR) is 103 cm³/mol. The van der Waals surface area contributed by atoms with E-state index in [0.717, 1.165) is 37.4 Å². The maximum absolute atomic E-state index is 12.3. The summed E-state index contributed by atoms with van der Waals surface area (Å²) >= 11 is 1.86. The molecule has 0 bridgehead atoms. The van der Waals surface area contributed by atoms with Crippen LogP contribution in [0.5, 0.6) is 0 Å². The maximum Gasteiger partial charge on any atom is 0.167 e. The number of ether oxygens (including phenoxy) is 1. The summed E-state index contributed by atoms with van der Waals surface area (Å²) in [7, 11) is 0. The largest absolute Gasteiger partial charge is 0.379 e. The molecule has 1 aliphatic heterocycles. The summed E-state index contributed by atoms with van der Waals surface area (Å²) < 4.78 is 5.45. The summed E-state index contributed by atoms with van der Waals surface area (Å²) in [5, 5.41) is 0. The molecule has 0 aromatic heterocycles. The van der Waals surface area contributed by atoms with Crippen LogP contribution >= 0.6 is 11.8 Å². The molecular weight excluding hydrogens is 330 g/mol. The monoisotopic (exact) mass is 355 g/mol. The average molecular weight is 356 g/mol. The molecule has 2 aromatic carbocycles. The first-order valence-electron chi connectivity index (χ1n) is 8.73. The molecule has 3 nitrogen and oxygen atoms in total. The molecule has 0 radical (unpaired) electrons. The highest BCUT2D eigenvalue weighted by Crippen LogP contribution is 2.35. The fraction of sp³-hybridized carbons (Fsp3) is 0.381. The molecule has 1 fully saturated rings. The lowest BCUT2D eigenvalue weighted by molar-refractivity contribution is 0.0159. The molecule has 4 heteroatoms. The number of carbonyl (C=O) groups excluding carboxylic acids is 1. The van der Waals surface area contributed by atoms with Gasteiger partial charge in [0, 0.05) is 30.0 Å². The number of carbonyl (C=O) groups is 1. The van der Waals surface area contributed by atoms with E-state index in [4.69, 9.17) is 4.74 Å². The predicted octanol–water partition coefficient (Wildman–Crippen LogP) is 4.27. The summed E-state index contributed by atoms with van der Waals surface area (Å²) in [4.78, 5) is 16.0. The van der Waals surface area contributed by atoms with Crippen LogP contribution in [-0.2, 0) is 11.2 Å². The first kappa shape index (κ1) is 18.2. The summed E-state index contributed by atoms with van der Waals surface area (Å²) in [5.74, 6) is 0.162. The summed E-state index contributed by atoms with van der Waals surface area (Å²) in [6, 6.07) is 17.9. The molecule has 0 N–H and O–H groups in total. The fourth-order valence-electron chi connectivity index (χ4n) is 3.04. The molecule has 25 heavy (non-hydrogen) atoms. The van der Waals surface area contributed by atoms with E-state index < -0.39 is 0 Å². The number of thioether (sulfide) groups is 1. The van der Waals surface area contributed by atoms with E-state index in [9.17, 15) is 4.79 Å². The normalized spacial score (nSPS) is 15.9. The van der Waals surface area contributed by atoms with E-state index in [-0.39, 0.29) is 10.7 Å². The highest BCUT2D eigenvalue weighted by Gasteiger charge is 2.29. The smallest absolute Gasteiger partial charge is 0.167 e. The summed E-state index contributed by atoms with van der Waals surface area (Å²) in [6.45, 7) is 8.09. The van der Waals surface area contributed by atoms with Crippen molar-refractivity contribution in [3.8, 4) is 0 Å². The molecule has 1 heterocycles. The van der Waals surface area contributed by atoms with Gasteiger partial charge in [0.1, 0.15) is 0 Å². The molecule has 0 unspecified atom stereocenters. The minimum absolute atomic E-state index is 0.0329. The van der Waals surface area contributed by atoms with Gasteiger partial charge in [-0.1, -0.05) is 42.5 Å². The first-order chi connectivity index (χ1) is 12.0. The van der Waals surface area contributed by atoms with Crippen LogP contribution in [0.25, 0.3) is 0 Å². The molecular formula is C21H25NO2S. The van der Waals surface area contributed by atoms with Crippen molar-refractivity contribution in [2.45, 2.75) is 30.0 Å². The number of rotatable bonds is 6. The maximum atomic E-state index is 12.3. The second-order valence-corrected chi connectivity index (χ2v) is 8.43. The van der Waals surface area contributed by atoms with Gasteiger partial charge in [-0.05, 0) is 31.5 Å². The lowest BCUT2D eigenvalue weighted by atomic mass is 10.0. The highest BCUT2D eigenvalue weighted by molar-refractivity contribution is 8.00. The van der Waals surface area contributed by atoms with Crippen molar-refractivity contribution in [3.63, 3.8) is 0 Å². The van der Waals surface area contributed by atoms with Gasteiger partial charge in [0.05, 0.1) is 18.1 Å². The van der Waals surface area contributed by atoms with Gasteiger partial charge >= 0.3 is 0 Å². The van der Waals surface area contributed by atoms with E-state index in [2.05, 4.69) is 43.0 Å². The van der Waals surface area contributed by atoms with Crippen LogP contribution in [0.3, 0.4) is 0 Å². The van der Waals surface area contributed by atoms with Gasteiger partial charge in [-0.25, -0.2) is 0 Å². The van der Waals surface area contributed by atoms with E-state index in [1.54, 1.807) is 0 Å². The second-order valence-electron chi connectivity index (χ2n) is 6.76. The number of hydrogen-bond acceptors (Lipinski definition) is 4. The SMILES string of the molecule is CC(C)(Sc1ccc(CC(=O)c2ccccc2)cc1)N1CCOCC1. The Morgan fingerprint density at radius 3 is 2.32 bits per heavy atom. The van der Waals surface area contributed by atoms with Gasteiger partial charge in [-0.3, -0.25) is 9.69 Å². The van der Waals surface area contributed by atoms with Crippen LogP contribution in [0.4, 0.5) is 0 Å². The highest BCUT2D eigenvalue weighted by atomic mass is 32.2. The van der Waals surface area contributed by atoms with Crippen LogP contribution < -0.4 is 0 Å². The molecule has 132 valence electrons. The summed E-state index contributed by atoms with van der Waals surface area (Å²) in [6.07, 6.45) is 0.446. The Morgan fingerprint density at radius 1 is 1.04 bits per heavy atom. The number of nitrogens with zero attached hydrogens (tertiary/aromatic N) is 1. The number of ketones is 1.